The first-order chi connectivity index (χ1) is 22.0. The average Bonchev–Trinajstić information content (AvgIpc) is 3.04. The molecule has 0 aliphatic carbocycles. The second kappa shape index (κ2) is 11.1. The van der Waals surface area contributed by atoms with Crippen LogP contribution in [0.5, 0.6) is 11.5 Å². The van der Waals surface area contributed by atoms with Gasteiger partial charge in [-0.05, 0) is 31.0 Å². The topological polar surface area (TPSA) is 208 Å². The van der Waals surface area contributed by atoms with Gasteiger partial charge in [0.25, 0.3) is 6.29 Å². The molecule has 2 aromatic heterocycles. The number of hydrogen-bond acceptors (Lipinski definition) is 14. The van der Waals surface area contributed by atoms with Gasteiger partial charge in [0.1, 0.15) is 53.1 Å². The highest BCUT2D eigenvalue weighted by Gasteiger charge is 2.48. The molecule has 14 heteroatoms. The minimum Gasteiger partial charge on any atom is -0.506 e. The van der Waals surface area contributed by atoms with Gasteiger partial charge < -0.3 is 58.1 Å². The molecule has 2 aliphatic rings. The van der Waals surface area contributed by atoms with Crippen LogP contribution < -0.4 is 16.0 Å². The van der Waals surface area contributed by atoms with E-state index < -0.39 is 72.0 Å². The van der Waals surface area contributed by atoms with E-state index in [-0.39, 0.29) is 43.8 Å². The molecule has 3 unspecified atom stereocenters. The van der Waals surface area contributed by atoms with Crippen LogP contribution in [-0.4, -0.2) is 81.8 Å². The Bertz CT molecular complexity index is 2110. The number of hydrogen-bond donors (Lipinski definition) is 5. The summed E-state index contributed by atoms with van der Waals surface area (Å²) in [6.07, 6.45) is -9.51. The van der Waals surface area contributed by atoms with Gasteiger partial charge >= 0.3 is 11.3 Å². The van der Waals surface area contributed by atoms with E-state index in [1.165, 1.54) is 32.2 Å². The predicted octanol–water partition coefficient (Wildman–Crippen LogP) is 2.27. The third kappa shape index (κ3) is 4.40. The molecule has 1 saturated heterocycles. The lowest BCUT2D eigenvalue weighted by Gasteiger charge is -2.43. The number of rotatable bonds is 6. The number of aromatic hydroxyl groups is 1. The van der Waals surface area contributed by atoms with Gasteiger partial charge in [0.05, 0.1) is 16.9 Å². The molecule has 0 spiro atoms. The van der Waals surface area contributed by atoms with Crippen LogP contribution in [0.1, 0.15) is 19.4 Å². The summed E-state index contributed by atoms with van der Waals surface area (Å²) in [5.74, 6) is -1.06. The van der Waals surface area contributed by atoms with E-state index in [9.17, 15) is 35.1 Å². The lowest BCUT2D eigenvalue weighted by Crippen LogP contribution is -2.60. The molecule has 46 heavy (non-hydrogen) atoms. The molecule has 0 radical (unpaired) electrons. The van der Waals surface area contributed by atoms with E-state index in [0.717, 1.165) is 6.26 Å². The zero-order valence-corrected chi connectivity index (χ0v) is 24.7. The standard InChI is InChI=1S/C32H30O14/c1-4-12-8-9-16-19-17(12)29(38)45-26-18-13(23(35)21(20(19)26)30(39)43-16)6-5-7-15(18)44-32-28(24(36)14(33)10-41-32)46-31-25(37)27(40-3)22(34)11(2)42-31/h5-11,22,24-25,27-28,31-37H,4H2,1-3H3/t11?,22-,24-,25+,27?,28?,31+,32-/m0/s1. The van der Waals surface area contributed by atoms with Crippen LogP contribution in [0.3, 0.4) is 0 Å². The number of methoxy groups -OCH3 is 1. The maximum Gasteiger partial charge on any atom is 0.348 e. The van der Waals surface area contributed by atoms with Crippen molar-refractivity contribution < 1.29 is 58.1 Å². The van der Waals surface area contributed by atoms with Crippen LogP contribution in [0, 0.1) is 0 Å². The van der Waals surface area contributed by atoms with E-state index >= 15 is 0 Å². The Labute approximate surface area is 258 Å². The smallest absolute Gasteiger partial charge is 0.348 e. The maximum atomic E-state index is 13.5. The highest BCUT2D eigenvalue weighted by Crippen LogP contribution is 2.45. The first-order valence-corrected chi connectivity index (χ1v) is 14.6. The second-order valence-corrected chi connectivity index (χ2v) is 11.3. The molecule has 3 aromatic carbocycles. The SMILES string of the molecule is CCc1ccc2oc(=O)c3c(O)c4cccc(O[C@@H]5OC=C(O)[C@H](O)C5O[C@H]5OC(C)[C@H](O)C(OC)[C@H]5O)c4c4oc(=O)c1c2c34. The van der Waals surface area contributed by atoms with E-state index in [1.54, 1.807) is 12.1 Å². The van der Waals surface area contributed by atoms with E-state index in [0.29, 0.717) is 17.4 Å². The van der Waals surface area contributed by atoms with Crippen molar-refractivity contribution in [2.24, 2.45) is 0 Å². The Morgan fingerprint density at radius 2 is 1.61 bits per heavy atom. The second-order valence-electron chi connectivity index (χ2n) is 11.3. The molecule has 4 heterocycles. The summed E-state index contributed by atoms with van der Waals surface area (Å²) in [5, 5.41) is 54.4. The minimum absolute atomic E-state index is 0.0155. The highest BCUT2D eigenvalue weighted by molar-refractivity contribution is 6.28. The summed E-state index contributed by atoms with van der Waals surface area (Å²) in [6, 6.07) is 7.73. The maximum absolute atomic E-state index is 13.5. The van der Waals surface area contributed by atoms with E-state index in [1.807, 2.05) is 6.92 Å². The number of aliphatic hydroxyl groups excluding tert-OH is 4. The number of fused-ring (bicyclic) bond motifs is 2. The van der Waals surface area contributed by atoms with Crippen LogP contribution >= 0.6 is 0 Å². The van der Waals surface area contributed by atoms with Crippen molar-refractivity contribution >= 4 is 43.5 Å². The van der Waals surface area contributed by atoms with Crippen LogP contribution in [0.2, 0.25) is 0 Å². The molecule has 8 atom stereocenters. The summed E-state index contributed by atoms with van der Waals surface area (Å²) in [7, 11) is 1.29. The third-order valence-corrected chi connectivity index (χ3v) is 8.71. The first-order valence-electron chi connectivity index (χ1n) is 14.6. The molecule has 0 saturated carbocycles. The van der Waals surface area contributed by atoms with Crippen molar-refractivity contribution in [1.29, 1.82) is 0 Å². The number of ether oxygens (including phenoxy) is 5. The van der Waals surface area contributed by atoms with Gasteiger partial charge in [0.2, 0.25) is 0 Å². The predicted molar refractivity (Wildman–Crippen MR) is 160 cm³/mol. The fourth-order valence-corrected chi connectivity index (χ4v) is 6.38. The number of aryl methyl sites for hydroxylation is 1. The fraction of sp³-hybridized carbons (Fsp3) is 0.375. The Kier molecular flexibility index (Phi) is 7.31. The number of benzene rings is 3. The molecule has 5 N–H and O–H groups in total. The van der Waals surface area contributed by atoms with Crippen LogP contribution in [-0.2, 0) is 25.4 Å². The van der Waals surface area contributed by atoms with Gasteiger partial charge in [-0.15, -0.1) is 0 Å². The lowest BCUT2D eigenvalue weighted by atomic mass is 9.95. The van der Waals surface area contributed by atoms with Crippen molar-refractivity contribution in [1.82, 2.24) is 0 Å². The zero-order valence-electron chi connectivity index (χ0n) is 24.7. The van der Waals surface area contributed by atoms with Crippen LogP contribution in [0.4, 0.5) is 0 Å². The van der Waals surface area contributed by atoms with Crippen molar-refractivity contribution in [3.8, 4) is 11.5 Å². The Morgan fingerprint density at radius 3 is 2.35 bits per heavy atom. The molecule has 0 amide bonds. The number of aliphatic hydroxyl groups is 4. The number of phenols is 1. The summed E-state index contributed by atoms with van der Waals surface area (Å²) < 4.78 is 39.9. The minimum atomic E-state index is -1.72. The third-order valence-electron chi connectivity index (χ3n) is 8.71. The van der Waals surface area contributed by atoms with Crippen molar-refractivity contribution in [3.63, 3.8) is 0 Å². The van der Waals surface area contributed by atoms with Crippen molar-refractivity contribution in [2.45, 2.75) is 69.5 Å². The monoisotopic (exact) mass is 638 g/mol. The molecule has 7 rings (SSSR count). The molecule has 1 fully saturated rings. The molecule has 14 nitrogen and oxygen atoms in total. The molecule has 242 valence electrons. The Morgan fingerprint density at radius 1 is 0.848 bits per heavy atom. The summed E-state index contributed by atoms with van der Waals surface area (Å²) in [4.78, 5) is 26.6. The van der Waals surface area contributed by atoms with Gasteiger partial charge in [-0.3, -0.25) is 0 Å². The van der Waals surface area contributed by atoms with Gasteiger partial charge in [-0.2, -0.15) is 0 Å². The van der Waals surface area contributed by atoms with Crippen LogP contribution in [0.15, 0.2) is 60.8 Å². The summed E-state index contributed by atoms with van der Waals surface area (Å²) in [6.45, 7) is 3.40. The van der Waals surface area contributed by atoms with E-state index in [2.05, 4.69) is 0 Å². The molecule has 5 aromatic rings. The van der Waals surface area contributed by atoms with Crippen LogP contribution in [0.25, 0.3) is 43.5 Å². The zero-order chi connectivity index (χ0) is 32.6. The molecular weight excluding hydrogens is 608 g/mol. The highest BCUT2D eigenvalue weighted by atomic mass is 16.7. The van der Waals surface area contributed by atoms with Gasteiger partial charge in [-0.1, -0.05) is 25.1 Å². The summed E-state index contributed by atoms with van der Waals surface area (Å²) in [5.41, 5.74) is -0.811. The first kappa shape index (κ1) is 30.2. The lowest BCUT2D eigenvalue weighted by molar-refractivity contribution is -0.330. The van der Waals surface area contributed by atoms with Crippen molar-refractivity contribution in [2.75, 3.05) is 7.11 Å². The van der Waals surface area contributed by atoms with Gasteiger partial charge in [0.15, 0.2) is 23.7 Å². The normalized spacial score (nSPS) is 28.6. The van der Waals surface area contributed by atoms with Gasteiger partial charge in [-0.25, -0.2) is 9.59 Å². The van der Waals surface area contributed by atoms with E-state index in [4.69, 9.17) is 32.5 Å². The van der Waals surface area contributed by atoms with Gasteiger partial charge in [0, 0.05) is 23.3 Å². The molecule has 0 bridgehead atoms. The van der Waals surface area contributed by atoms with Crippen molar-refractivity contribution in [3.05, 3.63) is 68.8 Å². The quantitative estimate of drug-likeness (QED) is 0.103. The summed E-state index contributed by atoms with van der Waals surface area (Å²) >= 11 is 0. The number of phenolic OH excluding ortho intramolecular Hbond substituents is 1. The Balaban J connectivity index is 1.39. The molecule has 2 aliphatic heterocycles. The fourth-order valence-electron chi connectivity index (χ4n) is 6.38. The Hall–Kier alpha value is -4.44. The largest absolute Gasteiger partial charge is 0.506 e. The molecular formula is C32H30O14. The average molecular weight is 639 g/mol.